The number of aromatic nitrogens is 1. The van der Waals surface area contributed by atoms with Crippen molar-refractivity contribution >= 4 is 54.9 Å². The Balaban J connectivity index is 1.35. The van der Waals surface area contributed by atoms with Crippen molar-refractivity contribution in [3.05, 3.63) is 70.7 Å². The van der Waals surface area contributed by atoms with E-state index in [1.807, 2.05) is 28.8 Å². The van der Waals surface area contributed by atoms with E-state index in [-0.39, 0.29) is 18.1 Å². The molecule has 1 saturated carbocycles. The Kier molecular flexibility index (Phi) is 7.63. The van der Waals surface area contributed by atoms with Gasteiger partial charge in [-0.1, -0.05) is 23.2 Å². The number of aliphatic hydroxyl groups excluding tert-OH is 1. The molecule has 13 heteroatoms. The van der Waals surface area contributed by atoms with Crippen LogP contribution < -0.4 is 9.46 Å². The number of alkyl halides is 3. The zero-order valence-corrected chi connectivity index (χ0v) is 23.8. The number of benzene rings is 3. The highest BCUT2D eigenvalue weighted by Crippen LogP contribution is 2.38. The maximum absolute atomic E-state index is 14.3. The number of nitrogens with one attached hydrogen (secondary N) is 1. The van der Waals surface area contributed by atoms with Crippen LogP contribution >= 0.6 is 23.2 Å². The number of aliphatic hydroxyl groups is 1. The summed E-state index contributed by atoms with van der Waals surface area (Å²) in [5, 5.41) is 14.5. The summed E-state index contributed by atoms with van der Waals surface area (Å²) < 4.78 is 71.6. The molecule has 0 bridgehead atoms. The minimum absolute atomic E-state index is 0.0532. The molecule has 2 aliphatic rings. The molecule has 218 valence electrons. The van der Waals surface area contributed by atoms with Crippen LogP contribution in [0, 0.1) is 5.92 Å². The van der Waals surface area contributed by atoms with E-state index in [0.717, 1.165) is 46.8 Å². The van der Waals surface area contributed by atoms with Gasteiger partial charge in [0.05, 0.1) is 42.8 Å². The molecule has 6 rings (SSSR count). The monoisotopic (exact) mass is 627 g/mol. The maximum atomic E-state index is 14.3. The molecular weight excluding hydrogens is 602 g/mol. The predicted molar refractivity (Wildman–Crippen MR) is 152 cm³/mol. The van der Waals surface area contributed by atoms with Crippen molar-refractivity contribution in [2.24, 2.45) is 10.3 Å². The first-order chi connectivity index (χ1) is 19.5. The van der Waals surface area contributed by atoms with Gasteiger partial charge >= 0.3 is 6.36 Å². The predicted octanol–water partition coefficient (Wildman–Crippen LogP) is 6.74. The Bertz CT molecular complexity index is 1660. The van der Waals surface area contributed by atoms with E-state index in [4.69, 9.17) is 27.9 Å². The van der Waals surface area contributed by atoms with Crippen molar-refractivity contribution in [1.29, 1.82) is 0 Å². The number of nitrogens with zero attached hydrogens (tertiary/aromatic N) is 2. The maximum Gasteiger partial charge on any atom is 0.573 e. The Morgan fingerprint density at radius 3 is 2.17 bits per heavy atom. The van der Waals surface area contributed by atoms with Gasteiger partial charge in [-0.15, -0.1) is 13.2 Å². The second-order valence-electron chi connectivity index (χ2n) is 10.3. The van der Waals surface area contributed by atoms with Crippen molar-refractivity contribution in [3.8, 4) is 5.75 Å². The Labute approximate surface area is 244 Å². The van der Waals surface area contributed by atoms with E-state index in [2.05, 4.69) is 13.8 Å². The molecule has 1 aliphatic heterocycles. The van der Waals surface area contributed by atoms with E-state index in [9.17, 15) is 22.5 Å². The quantitative estimate of drug-likeness (QED) is 0.238. The lowest BCUT2D eigenvalue weighted by Crippen LogP contribution is -2.53. The molecule has 0 amide bonds. The van der Waals surface area contributed by atoms with Gasteiger partial charge in [0.15, 0.2) is 0 Å². The van der Waals surface area contributed by atoms with Gasteiger partial charge < -0.3 is 19.1 Å². The molecule has 41 heavy (non-hydrogen) atoms. The molecule has 1 saturated heterocycles. The van der Waals surface area contributed by atoms with Crippen molar-refractivity contribution < 1.29 is 32.0 Å². The Morgan fingerprint density at radius 2 is 1.61 bits per heavy atom. The topological polar surface area (TPSA) is 85.1 Å². The van der Waals surface area contributed by atoms with Crippen molar-refractivity contribution in [2.45, 2.75) is 42.3 Å². The summed E-state index contributed by atoms with van der Waals surface area (Å²) in [4.78, 5) is 0.183. The first-order valence-corrected chi connectivity index (χ1v) is 15.3. The van der Waals surface area contributed by atoms with Gasteiger partial charge in [-0.3, -0.25) is 0 Å². The highest BCUT2D eigenvalue weighted by atomic mass is 35.5. The average molecular weight is 629 g/mol. The number of hydrogen-bond donors (Lipinski definition) is 2. The second-order valence-corrected chi connectivity index (χ2v) is 13.2. The molecule has 3 aromatic carbocycles. The number of halogens is 5. The van der Waals surface area contributed by atoms with E-state index in [1.54, 1.807) is 12.1 Å². The van der Waals surface area contributed by atoms with Gasteiger partial charge in [0.1, 0.15) is 15.7 Å². The average Bonchev–Trinajstić information content (AvgIpc) is 3.70. The Morgan fingerprint density at radius 1 is 1.00 bits per heavy atom. The van der Waals surface area contributed by atoms with Crippen LogP contribution in [0.1, 0.15) is 18.9 Å². The molecule has 2 fully saturated rings. The molecule has 4 aromatic rings. The summed E-state index contributed by atoms with van der Waals surface area (Å²) in [5.41, 5.74) is 1.64. The van der Waals surface area contributed by atoms with Crippen molar-refractivity contribution in [2.75, 3.05) is 19.8 Å². The molecule has 2 heterocycles. The number of rotatable bonds is 7. The molecule has 2 N–H and O–H groups in total. The lowest BCUT2D eigenvalue weighted by molar-refractivity contribution is -0.274. The van der Waals surface area contributed by atoms with E-state index in [0.29, 0.717) is 22.5 Å². The van der Waals surface area contributed by atoms with Gasteiger partial charge in [-0.2, -0.15) is 0 Å². The van der Waals surface area contributed by atoms with Gasteiger partial charge in [-0.05, 0) is 79.4 Å². The third kappa shape index (κ3) is 6.02. The number of hydrogen-bond acceptors (Lipinski definition) is 5. The first kappa shape index (κ1) is 28.6. The lowest BCUT2D eigenvalue weighted by Gasteiger charge is -2.37. The van der Waals surface area contributed by atoms with Crippen LogP contribution in [-0.2, 0) is 14.7 Å². The van der Waals surface area contributed by atoms with Gasteiger partial charge in [0, 0.05) is 31.9 Å². The van der Waals surface area contributed by atoms with Crippen molar-refractivity contribution in [1.82, 2.24) is 9.29 Å². The fourth-order valence-electron chi connectivity index (χ4n) is 5.19. The molecule has 0 spiro atoms. The molecular formula is C28H26Cl2F3N3O4S. The van der Waals surface area contributed by atoms with Crippen LogP contribution in [0.5, 0.6) is 5.75 Å². The molecule has 1 aromatic heterocycles. The summed E-state index contributed by atoms with van der Waals surface area (Å²) >= 11 is 12.6. The van der Waals surface area contributed by atoms with Crippen LogP contribution in [-0.4, -0.2) is 52.1 Å². The van der Waals surface area contributed by atoms with Crippen LogP contribution in [0.2, 0.25) is 10.0 Å². The van der Waals surface area contributed by atoms with Crippen molar-refractivity contribution in [3.63, 3.8) is 0 Å². The number of fused-ring (bicyclic) bond motifs is 3. The summed E-state index contributed by atoms with van der Waals surface area (Å²) in [7, 11) is -3.35. The third-order valence-electron chi connectivity index (χ3n) is 7.35. The van der Waals surface area contributed by atoms with Gasteiger partial charge in [0.25, 0.3) is 0 Å². The lowest BCUT2D eigenvalue weighted by atomic mass is 10.0. The summed E-state index contributed by atoms with van der Waals surface area (Å²) in [6, 6.07) is 14.4. The van der Waals surface area contributed by atoms with Crippen LogP contribution in [0.15, 0.2) is 69.9 Å². The van der Waals surface area contributed by atoms with E-state index in [1.165, 1.54) is 12.1 Å². The van der Waals surface area contributed by atoms with E-state index < -0.39 is 40.2 Å². The van der Waals surface area contributed by atoms with Crippen LogP contribution in [0.3, 0.4) is 0 Å². The summed E-state index contributed by atoms with van der Waals surface area (Å²) in [6.45, 7) is 0.569. The first-order valence-electron chi connectivity index (χ1n) is 13.0. The zero-order valence-electron chi connectivity index (χ0n) is 21.5. The fraction of sp³-hybridized carbons (Fsp3) is 0.357. The largest absolute Gasteiger partial charge is 0.573 e. The minimum atomic E-state index is -4.85. The fourth-order valence-corrected chi connectivity index (χ4v) is 7.44. The molecule has 1 unspecified atom stereocenters. The minimum Gasteiger partial charge on any atom is -0.406 e. The standard InChI is InChI=1S/C28H26Cl2F3N3O4S/c29-17-3-9-24-21(11-17)22-12-18(30)4-10-25(22)36(24)26-15-39-14-23(27(26)37)35-41(38,34-13-16-1-2-16)20-7-5-19(6-8-20)40-28(31,32)33/h3-12,16,23,26-27,37H,1-2,13-15H2,(H,34,35,38)/t23-,26+,27+,41?/m0/s1. The van der Waals surface area contributed by atoms with Crippen LogP contribution in [0.25, 0.3) is 21.8 Å². The van der Waals surface area contributed by atoms with E-state index >= 15 is 0 Å². The summed E-state index contributed by atoms with van der Waals surface area (Å²) in [5.74, 6) is -0.125. The molecule has 1 aliphatic carbocycles. The van der Waals surface area contributed by atoms with Gasteiger partial charge in [-0.25, -0.2) is 13.3 Å². The normalized spacial score (nSPS) is 23.0. The third-order valence-corrected chi connectivity index (χ3v) is 9.87. The summed E-state index contributed by atoms with van der Waals surface area (Å²) in [6.07, 6.45) is -3.97. The second kappa shape index (κ2) is 10.9. The van der Waals surface area contributed by atoms with Gasteiger partial charge in [0.2, 0.25) is 0 Å². The zero-order chi connectivity index (χ0) is 28.9. The smallest absolute Gasteiger partial charge is 0.406 e. The SMILES string of the molecule is O=S(=NCC1CC1)(N[C@H]1COC[C@@H](n2c3ccc(Cl)cc3c3cc(Cl)ccc32)[C@@H]1O)c1ccc(OC(F)(F)F)cc1. The number of ether oxygens (including phenoxy) is 2. The molecule has 4 atom stereocenters. The molecule has 0 radical (unpaired) electrons. The highest BCUT2D eigenvalue weighted by molar-refractivity contribution is 7.91. The Hall–Kier alpha value is -2.54. The molecule has 7 nitrogen and oxygen atoms in total. The highest BCUT2D eigenvalue weighted by Gasteiger charge is 2.38. The van der Waals surface area contributed by atoms with Crippen LogP contribution in [0.4, 0.5) is 13.2 Å².